The molecule has 6 heteroatoms. The number of hydrogen-bond donors (Lipinski definition) is 1. The van der Waals surface area contributed by atoms with Crippen molar-refractivity contribution in [2.75, 3.05) is 0 Å². The van der Waals surface area contributed by atoms with Crippen molar-refractivity contribution in [1.29, 1.82) is 0 Å². The highest BCUT2D eigenvalue weighted by molar-refractivity contribution is 5.93. The smallest absolute Gasteiger partial charge is 0.282 e. The maximum Gasteiger partial charge on any atom is 0.282 e. The van der Waals surface area contributed by atoms with Gasteiger partial charge in [-0.05, 0) is 6.42 Å². The molecule has 0 spiro atoms. The summed E-state index contributed by atoms with van der Waals surface area (Å²) < 4.78 is 26.2. The number of unbranched alkanes of at least 4 members (excludes halogenated alkanes) is 1. The molecule has 0 bridgehead atoms. The number of amides is 1. The molecule has 1 amide bonds. The van der Waals surface area contributed by atoms with Crippen molar-refractivity contribution in [2.45, 2.75) is 32.7 Å². The lowest BCUT2D eigenvalue weighted by atomic mass is 10.2. The Morgan fingerprint density at radius 1 is 1.67 bits per heavy atom. The van der Waals surface area contributed by atoms with Gasteiger partial charge in [0.25, 0.3) is 12.3 Å². The maximum absolute atomic E-state index is 12.4. The number of carbonyl (C=O) groups excluding carboxylic acids is 1. The number of alkyl halides is 2. The molecular formula is C9H13F2N3O. The third-order valence-corrected chi connectivity index (χ3v) is 2.00. The van der Waals surface area contributed by atoms with Crippen molar-refractivity contribution >= 4 is 5.91 Å². The predicted molar refractivity (Wildman–Crippen MR) is 50.6 cm³/mol. The van der Waals surface area contributed by atoms with Gasteiger partial charge in [-0.15, -0.1) is 0 Å². The first-order valence-corrected chi connectivity index (χ1v) is 4.71. The molecule has 0 unspecified atom stereocenters. The molecule has 0 aliphatic rings. The van der Waals surface area contributed by atoms with Crippen LogP contribution >= 0.6 is 0 Å². The monoisotopic (exact) mass is 217 g/mol. The van der Waals surface area contributed by atoms with Gasteiger partial charge < -0.3 is 5.73 Å². The standard InChI is InChI=1S/C9H13F2N3O/c1-2-3-4-14-5-6(9(12)15)7(13-14)8(10)11/h5,8H,2-4H2,1H3,(H2,12,15). The highest BCUT2D eigenvalue weighted by atomic mass is 19.3. The minimum Gasteiger partial charge on any atom is -0.365 e. The van der Waals surface area contributed by atoms with E-state index < -0.39 is 18.0 Å². The largest absolute Gasteiger partial charge is 0.365 e. The van der Waals surface area contributed by atoms with Crippen molar-refractivity contribution in [3.63, 3.8) is 0 Å². The number of aromatic nitrogens is 2. The molecule has 0 atom stereocenters. The van der Waals surface area contributed by atoms with E-state index in [0.29, 0.717) is 6.54 Å². The average molecular weight is 217 g/mol. The van der Waals surface area contributed by atoms with E-state index >= 15 is 0 Å². The molecule has 1 aromatic rings. The number of carbonyl (C=O) groups is 1. The zero-order chi connectivity index (χ0) is 11.4. The maximum atomic E-state index is 12.4. The quantitative estimate of drug-likeness (QED) is 0.816. The number of nitrogens with two attached hydrogens (primary N) is 1. The fraction of sp³-hybridized carbons (Fsp3) is 0.556. The second-order valence-electron chi connectivity index (χ2n) is 3.21. The van der Waals surface area contributed by atoms with E-state index in [9.17, 15) is 13.6 Å². The molecule has 0 aliphatic carbocycles. The van der Waals surface area contributed by atoms with Crippen LogP contribution in [0.4, 0.5) is 8.78 Å². The van der Waals surface area contributed by atoms with E-state index in [1.165, 1.54) is 10.9 Å². The zero-order valence-electron chi connectivity index (χ0n) is 8.41. The van der Waals surface area contributed by atoms with Crippen LogP contribution in [0.1, 0.15) is 42.2 Å². The Morgan fingerprint density at radius 2 is 2.33 bits per heavy atom. The summed E-state index contributed by atoms with van der Waals surface area (Å²) in [6.07, 6.45) is 0.257. The molecule has 4 nitrogen and oxygen atoms in total. The summed E-state index contributed by atoms with van der Waals surface area (Å²) in [6, 6.07) is 0. The van der Waals surface area contributed by atoms with E-state index in [4.69, 9.17) is 5.73 Å². The van der Waals surface area contributed by atoms with Crippen molar-refractivity contribution in [3.05, 3.63) is 17.5 Å². The Labute approximate surface area is 86.1 Å². The van der Waals surface area contributed by atoms with Crippen molar-refractivity contribution in [1.82, 2.24) is 9.78 Å². The van der Waals surface area contributed by atoms with Gasteiger partial charge in [0.05, 0.1) is 5.56 Å². The van der Waals surface area contributed by atoms with Crippen molar-refractivity contribution in [3.8, 4) is 0 Å². The minimum atomic E-state index is -2.77. The molecule has 0 saturated carbocycles. The highest BCUT2D eigenvalue weighted by Crippen LogP contribution is 2.20. The van der Waals surface area contributed by atoms with E-state index in [1.807, 2.05) is 6.92 Å². The molecule has 15 heavy (non-hydrogen) atoms. The normalized spacial score (nSPS) is 10.9. The fourth-order valence-corrected chi connectivity index (χ4v) is 1.22. The molecule has 1 heterocycles. The van der Waals surface area contributed by atoms with E-state index in [1.54, 1.807) is 0 Å². The number of rotatable bonds is 5. The molecule has 84 valence electrons. The van der Waals surface area contributed by atoms with Crippen LogP contribution in [0, 0.1) is 0 Å². The lowest BCUT2D eigenvalue weighted by molar-refractivity contribution is 0.0985. The van der Waals surface area contributed by atoms with Crippen LogP contribution in [-0.4, -0.2) is 15.7 Å². The first-order valence-electron chi connectivity index (χ1n) is 4.71. The summed E-state index contributed by atoms with van der Waals surface area (Å²) in [6.45, 7) is 2.50. The van der Waals surface area contributed by atoms with Gasteiger partial charge in [-0.1, -0.05) is 13.3 Å². The van der Waals surface area contributed by atoms with Gasteiger partial charge in [0, 0.05) is 12.7 Å². The number of halogens is 2. The molecule has 1 rings (SSSR count). The molecule has 2 N–H and O–H groups in total. The molecule has 0 radical (unpaired) electrons. The Balaban J connectivity index is 2.93. The Bertz CT molecular complexity index is 349. The van der Waals surface area contributed by atoms with Crippen LogP contribution < -0.4 is 5.73 Å². The summed E-state index contributed by atoms with van der Waals surface area (Å²) in [7, 11) is 0. The molecule has 0 fully saturated rings. The molecule has 1 aromatic heterocycles. The van der Waals surface area contributed by atoms with Crippen molar-refractivity contribution in [2.24, 2.45) is 5.73 Å². The Hall–Kier alpha value is -1.46. The summed E-state index contributed by atoms with van der Waals surface area (Å²) in [4.78, 5) is 10.8. The second-order valence-corrected chi connectivity index (χ2v) is 3.21. The number of nitrogens with zero attached hydrogens (tertiary/aromatic N) is 2. The molecular weight excluding hydrogens is 204 g/mol. The first-order chi connectivity index (χ1) is 7.06. The molecule has 0 saturated heterocycles. The van der Waals surface area contributed by atoms with Gasteiger partial charge in [-0.3, -0.25) is 9.48 Å². The summed E-state index contributed by atoms with van der Waals surface area (Å²) in [5.41, 5.74) is 4.25. The SMILES string of the molecule is CCCCn1cc(C(N)=O)c(C(F)F)n1. The number of hydrogen-bond acceptors (Lipinski definition) is 2. The summed E-state index contributed by atoms with van der Waals surface area (Å²) >= 11 is 0. The number of aryl methyl sites for hydroxylation is 1. The van der Waals surface area contributed by atoms with Crippen LogP contribution in [-0.2, 0) is 6.54 Å². The lowest BCUT2D eigenvalue weighted by Gasteiger charge is -1.97. The van der Waals surface area contributed by atoms with Crippen molar-refractivity contribution < 1.29 is 13.6 Å². The van der Waals surface area contributed by atoms with E-state index in [0.717, 1.165) is 12.8 Å². The Morgan fingerprint density at radius 3 is 2.73 bits per heavy atom. The summed E-state index contributed by atoms with van der Waals surface area (Å²) in [5.74, 6) is -0.868. The minimum absolute atomic E-state index is 0.193. The second kappa shape index (κ2) is 4.86. The highest BCUT2D eigenvalue weighted by Gasteiger charge is 2.21. The lowest BCUT2D eigenvalue weighted by Crippen LogP contribution is -2.12. The average Bonchev–Trinajstić information content (AvgIpc) is 2.58. The van der Waals surface area contributed by atoms with Crippen LogP contribution in [0.25, 0.3) is 0 Å². The third-order valence-electron chi connectivity index (χ3n) is 2.00. The number of primary amides is 1. The van der Waals surface area contributed by atoms with Gasteiger partial charge in [0.2, 0.25) is 0 Å². The van der Waals surface area contributed by atoms with E-state index in [-0.39, 0.29) is 5.56 Å². The van der Waals surface area contributed by atoms with Gasteiger partial charge >= 0.3 is 0 Å². The zero-order valence-corrected chi connectivity index (χ0v) is 8.41. The van der Waals surface area contributed by atoms with Gasteiger partial charge in [-0.2, -0.15) is 5.10 Å². The van der Waals surface area contributed by atoms with Crippen LogP contribution in [0.5, 0.6) is 0 Å². The third kappa shape index (κ3) is 2.74. The first kappa shape index (κ1) is 11.6. The fourth-order valence-electron chi connectivity index (χ4n) is 1.22. The van der Waals surface area contributed by atoms with Crippen LogP contribution in [0.2, 0.25) is 0 Å². The van der Waals surface area contributed by atoms with Gasteiger partial charge in [0.1, 0.15) is 5.69 Å². The Kier molecular flexibility index (Phi) is 3.76. The van der Waals surface area contributed by atoms with Gasteiger partial charge in [-0.25, -0.2) is 8.78 Å². The van der Waals surface area contributed by atoms with E-state index in [2.05, 4.69) is 5.10 Å². The van der Waals surface area contributed by atoms with Gasteiger partial charge in [0.15, 0.2) is 0 Å². The van der Waals surface area contributed by atoms with Crippen LogP contribution in [0.15, 0.2) is 6.20 Å². The summed E-state index contributed by atoms with van der Waals surface area (Å²) in [5, 5.41) is 3.63. The predicted octanol–water partition coefficient (Wildman–Crippen LogP) is 1.72. The molecule has 0 aliphatic heterocycles. The van der Waals surface area contributed by atoms with Crippen LogP contribution in [0.3, 0.4) is 0 Å². The molecule has 0 aromatic carbocycles. The topological polar surface area (TPSA) is 60.9 Å².